The summed E-state index contributed by atoms with van der Waals surface area (Å²) in [7, 11) is 0. The van der Waals surface area contributed by atoms with E-state index in [0.29, 0.717) is 18.8 Å². The predicted octanol–water partition coefficient (Wildman–Crippen LogP) is -1.09. The average molecular weight is 171 g/mol. The van der Waals surface area contributed by atoms with Gasteiger partial charge in [0.25, 0.3) is 0 Å². The number of hydrogen-bond acceptors (Lipinski definition) is 5. The van der Waals surface area contributed by atoms with Gasteiger partial charge in [0.1, 0.15) is 0 Å². The topological polar surface area (TPSA) is 110 Å². The largest absolute Gasteiger partial charge is 0.368 e. The minimum absolute atomic E-state index is 0.0292. The first-order chi connectivity index (χ1) is 5.83. The van der Waals surface area contributed by atoms with Crippen LogP contribution in [-0.2, 0) is 6.42 Å². The number of nitrogens with two attached hydrogens (primary N) is 1. The molecule has 0 radical (unpaired) electrons. The lowest BCUT2D eigenvalue weighted by atomic mass is 10.4. The lowest BCUT2D eigenvalue weighted by Crippen LogP contribution is -2.28. The lowest BCUT2D eigenvalue weighted by Gasteiger charge is -1.94. The molecule has 1 aromatic heterocycles. The molecule has 0 aliphatic carbocycles. The van der Waals surface area contributed by atoms with E-state index in [1.807, 2.05) is 0 Å². The summed E-state index contributed by atoms with van der Waals surface area (Å²) in [6.45, 7) is 0.402. The average Bonchev–Trinajstić information content (AvgIpc) is 2.57. The Labute approximate surface area is 68.2 Å². The maximum atomic E-state index is 8.24. The zero-order chi connectivity index (χ0) is 8.81. The molecule has 0 aromatic carbocycles. The summed E-state index contributed by atoms with van der Waals surface area (Å²) in [5.41, 5.74) is 6.85. The fraction of sp³-hybridized carbons (Fsp3) is 0.400. The van der Waals surface area contributed by atoms with Crippen molar-refractivity contribution in [2.75, 3.05) is 6.54 Å². The van der Waals surface area contributed by atoms with E-state index < -0.39 is 0 Å². The fourth-order valence-electron chi connectivity index (χ4n) is 0.614. The van der Waals surface area contributed by atoms with Crippen LogP contribution in [0.15, 0.2) is 15.9 Å². The van der Waals surface area contributed by atoms with Crippen LogP contribution in [0.5, 0.6) is 0 Å². The van der Waals surface area contributed by atoms with E-state index in [1.54, 1.807) is 5.48 Å². The second-order valence-corrected chi connectivity index (χ2v) is 1.98. The van der Waals surface area contributed by atoms with E-state index in [2.05, 4.69) is 19.7 Å². The standard InChI is InChI=1S/C5H9N5O2/c6-5(9-11)7-2-1-4-8-3-12-10-4/h3,11H,1-2H2,(H3,6,7,9). The normalized spacial score (nSPS) is 11.6. The van der Waals surface area contributed by atoms with E-state index in [0.717, 1.165) is 0 Å². The smallest absolute Gasteiger partial charge is 0.213 e. The van der Waals surface area contributed by atoms with Gasteiger partial charge in [0.2, 0.25) is 12.4 Å². The number of nitrogens with zero attached hydrogens (tertiary/aromatic N) is 3. The van der Waals surface area contributed by atoms with Gasteiger partial charge in [-0.05, 0) is 0 Å². The maximum Gasteiger partial charge on any atom is 0.213 e. The van der Waals surface area contributed by atoms with E-state index in [-0.39, 0.29) is 5.96 Å². The van der Waals surface area contributed by atoms with Crippen molar-refractivity contribution in [1.82, 2.24) is 15.6 Å². The molecule has 1 rings (SSSR count). The molecule has 0 saturated carbocycles. The summed E-state index contributed by atoms with van der Waals surface area (Å²) in [5, 5.41) is 11.8. The summed E-state index contributed by atoms with van der Waals surface area (Å²) in [6, 6.07) is 0. The van der Waals surface area contributed by atoms with Crippen molar-refractivity contribution in [3.63, 3.8) is 0 Å². The first kappa shape index (κ1) is 8.47. The van der Waals surface area contributed by atoms with Gasteiger partial charge in [-0.2, -0.15) is 4.98 Å². The Morgan fingerprint density at radius 3 is 3.25 bits per heavy atom. The molecule has 1 aromatic rings. The molecule has 0 bridgehead atoms. The Balaban J connectivity index is 2.28. The third-order valence-electron chi connectivity index (χ3n) is 1.14. The van der Waals surface area contributed by atoms with Crippen molar-refractivity contribution in [3.8, 4) is 0 Å². The number of aromatic nitrogens is 2. The first-order valence-electron chi connectivity index (χ1n) is 3.28. The van der Waals surface area contributed by atoms with Gasteiger partial charge in [-0.1, -0.05) is 5.16 Å². The van der Waals surface area contributed by atoms with E-state index in [9.17, 15) is 0 Å². The molecule has 7 heteroatoms. The van der Waals surface area contributed by atoms with Gasteiger partial charge in [0, 0.05) is 6.42 Å². The van der Waals surface area contributed by atoms with Crippen LogP contribution in [0.4, 0.5) is 0 Å². The Bertz CT molecular complexity index is 244. The highest BCUT2D eigenvalue weighted by atomic mass is 16.5. The minimum atomic E-state index is -0.0292. The van der Waals surface area contributed by atoms with Gasteiger partial charge < -0.3 is 10.3 Å². The van der Waals surface area contributed by atoms with E-state index >= 15 is 0 Å². The van der Waals surface area contributed by atoms with Crippen LogP contribution in [0, 0.1) is 0 Å². The molecule has 0 aliphatic rings. The minimum Gasteiger partial charge on any atom is -0.368 e. The van der Waals surface area contributed by atoms with Gasteiger partial charge >= 0.3 is 0 Å². The molecule has 0 saturated heterocycles. The van der Waals surface area contributed by atoms with E-state index in [4.69, 9.17) is 10.9 Å². The second-order valence-electron chi connectivity index (χ2n) is 1.98. The van der Waals surface area contributed by atoms with Crippen molar-refractivity contribution in [2.45, 2.75) is 6.42 Å². The third-order valence-corrected chi connectivity index (χ3v) is 1.14. The second kappa shape index (κ2) is 4.29. The SMILES string of the molecule is NC(=NCCc1ncon1)NO. The molecular formula is C5H9N5O2. The van der Waals surface area contributed by atoms with Crippen LogP contribution in [0.2, 0.25) is 0 Å². The Morgan fingerprint density at radius 1 is 1.83 bits per heavy atom. The number of guanidine groups is 1. The van der Waals surface area contributed by atoms with Crippen LogP contribution in [0.25, 0.3) is 0 Å². The summed E-state index contributed by atoms with van der Waals surface area (Å²) < 4.78 is 4.49. The van der Waals surface area contributed by atoms with Crippen molar-refractivity contribution in [2.24, 2.45) is 10.7 Å². The van der Waals surface area contributed by atoms with E-state index in [1.165, 1.54) is 6.39 Å². The summed E-state index contributed by atoms with van der Waals surface area (Å²) >= 11 is 0. The first-order valence-corrected chi connectivity index (χ1v) is 3.28. The molecule has 0 amide bonds. The van der Waals surface area contributed by atoms with Crippen molar-refractivity contribution in [1.29, 1.82) is 0 Å². The number of hydroxylamine groups is 1. The van der Waals surface area contributed by atoms with Crippen molar-refractivity contribution >= 4 is 5.96 Å². The molecule has 12 heavy (non-hydrogen) atoms. The highest BCUT2D eigenvalue weighted by Gasteiger charge is 1.96. The zero-order valence-corrected chi connectivity index (χ0v) is 6.27. The molecule has 0 spiro atoms. The number of hydrogen-bond donors (Lipinski definition) is 3. The fourth-order valence-corrected chi connectivity index (χ4v) is 0.614. The Hall–Kier alpha value is -1.63. The molecule has 0 atom stereocenters. The third kappa shape index (κ3) is 2.54. The van der Waals surface area contributed by atoms with Gasteiger partial charge in [-0.25, -0.2) is 5.48 Å². The van der Waals surface area contributed by atoms with Gasteiger partial charge in [-0.15, -0.1) is 0 Å². The highest BCUT2D eigenvalue weighted by molar-refractivity contribution is 5.76. The van der Waals surface area contributed by atoms with Crippen LogP contribution in [0.1, 0.15) is 5.82 Å². The Morgan fingerprint density at radius 2 is 2.67 bits per heavy atom. The predicted molar refractivity (Wildman–Crippen MR) is 39.4 cm³/mol. The molecule has 66 valence electrons. The van der Waals surface area contributed by atoms with Crippen LogP contribution >= 0.6 is 0 Å². The summed E-state index contributed by atoms with van der Waals surface area (Å²) in [5.74, 6) is 0.531. The highest BCUT2D eigenvalue weighted by Crippen LogP contribution is 1.89. The van der Waals surface area contributed by atoms with Crippen molar-refractivity contribution < 1.29 is 9.73 Å². The molecule has 4 N–H and O–H groups in total. The number of rotatable bonds is 3. The zero-order valence-electron chi connectivity index (χ0n) is 6.27. The number of aliphatic imine (C=N–C) groups is 1. The monoisotopic (exact) mass is 171 g/mol. The molecule has 1 heterocycles. The van der Waals surface area contributed by atoms with Crippen LogP contribution < -0.4 is 11.2 Å². The van der Waals surface area contributed by atoms with Crippen LogP contribution in [0.3, 0.4) is 0 Å². The molecule has 0 unspecified atom stereocenters. The number of nitrogens with one attached hydrogen (secondary N) is 1. The molecule has 7 nitrogen and oxygen atoms in total. The van der Waals surface area contributed by atoms with Gasteiger partial charge in [-0.3, -0.25) is 10.2 Å². The Kier molecular flexibility index (Phi) is 3.03. The quantitative estimate of drug-likeness (QED) is 0.302. The lowest BCUT2D eigenvalue weighted by molar-refractivity contribution is 0.232. The molecule has 0 aliphatic heterocycles. The molecular weight excluding hydrogens is 162 g/mol. The maximum absolute atomic E-state index is 8.24. The van der Waals surface area contributed by atoms with Gasteiger partial charge in [0.15, 0.2) is 5.82 Å². The molecule has 0 fully saturated rings. The summed E-state index contributed by atoms with van der Waals surface area (Å²) in [6.07, 6.45) is 1.77. The summed E-state index contributed by atoms with van der Waals surface area (Å²) in [4.78, 5) is 7.50. The van der Waals surface area contributed by atoms with Crippen molar-refractivity contribution in [3.05, 3.63) is 12.2 Å². The van der Waals surface area contributed by atoms with Crippen LogP contribution in [-0.4, -0.2) is 27.9 Å². The van der Waals surface area contributed by atoms with Gasteiger partial charge in [0.05, 0.1) is 6.54 Å².